The molecule has 2 N–H and O–H groups in total. The Labute approximate surface area is 142 Å². The number of phenolic OH excluding ortho intramolecular Hbond substituents is 1. The zero-order valence-electron chi connectivity index (χ0n) is 13.5. The van der Waals surface area contributed by atoms with Gasteiger partial charge >= 0.3 is 0 Å². The van der Waals surface area contributed by atoms with Crippen molar-refractivity contribution >= 4 is 10.9 Å². The van der Waals surface area contributed by atoms with Crippen LogP contribution in [0.3, 0.4) is 0 Å². The van der Waals surface area contributed by atoms with E-state index in [0.717, 1.165) is 6.42 Å². The van der Waals surface area contributed by atoms with Crippen LogP contribution in [0.25, 0.3) is 22.3 Å². The number of methoxy groups -OCH3 is 1. The summed E-state index contributed by atoms with van der Waals surface area (Å²) in [6, 6.07) is 8.03. The molecule has 2 heterocycles. The maximum atomic E-state index is 12.5. The van der Waals surface area contributed by atoms with Gasteiger partial charge in [-0.25, -0.2) is 4.98 Å². The molecule has 0 spiro atoms. The molecule has 1 aromatic heterocycles. The Balaban J connectivity index is 1.89. The van der Waals surface area contributed by atoms with Crippen LogP contribution in [0, 0.1) is 0 Å². The lowest BCUT2D eigenvalue weighted by atomic mass is 10.1. The van der Waals surface area contributed by atoms with Crippen LogP contribution in [0.5, 0.6) is 23.0 Å². The summed E-state index contributed by atoms with van der Waals surface area (Å²) in [6.07, 6.45) is 0.781. The van der Waals surface area contributed by atoms with Crippen LogP contribution in [-0.2, 0) is 0 Å². The van der Waals surface area contributed by atoms with Crippen molar-refractivity contribution in [3.8, 4) is 34.4 Å². The molecule has 4 rings (SSSR count). The van der Waals surface area contributed by atoms with Gasteiger partial charge in [-0.2, -0.15) is 0 Å². The summed E-state index contributed by atoms with van der Waals surface area (Å²) in [6.45, 7) is 1.10. The molecule has 0 saturated heterocycles. The van der Waals surface area contributed by atoms with E-state index in [1.807, 2.05) is 0 Å². The average Bonchev–Trinajstić information content (AvgIpc) is 2.84. The van der Waals surface area contributed by atoms with Crippen molar-refractivity contribution in [1.29, 1.82) is 0 Å². The number of nitrogens with zero attached hydrogens (tertiary/aromatic N) is 1. The van der Waals surface area contributed by atoms with Gasteiger partial charge in [0, 0.05) is 24.1 Å². The Morgan fingerprint density at radius 1 is 1.12 bits per heavy atom. The number of rotatable bonds is 2. The van der Waals surface area contributed by atoms with Crippen LogP contribution in [-0.4, -0.2) is 35.4 Å². The molecule has 128 valence electrons. The maximum Gasteiger partial charge on any atom is 0.259 e. The van der Waals surface area contributed by atoms with Gasteiger partial charge in [-0.3, -0.25) is 4.79 Å². The maximum absolute atomic E-state index is 12.5. The second kappa shape index (κ2) is 6.01. The largest absolute Gasteiger partial charge is 0.508 e. The van der Waals surface area contributed by atoms with Gasteiger partial charge < -0.3 is 24.3 Å². The molecule has 1 aliphatic heterocycles. The van der Waals surface area contributed by atoms with Gasteiger partial charge in [-0.05, 0) is 18.2 Å². The number of aromatic nitrogens is 2. The molecule has 7 nitrogen and oxygen atoms in total. The third-order valence-electron chi connectivity index (χ3n) is 3.98. The highest BCUT2D eigenvalue weighted by Gasteiger charge is 2.15. The van der Waals surface area contributed by atoms with Gasteiger partial charge in [0.1, 0.15) is 17.3 Å². The zero-order valence-corrected chi connectivity index (χ0v) is 13.5. The number of benzene rings is 2. The van der Waals surface area contributed by atoms with Gasteiger partial charge in [0.05, 0.1) is 31.2 Å². The van der Waals surface area contributed by atoms with Crippen molar-refractivity contribution < 1.29 is 19.3 Å². The molecular formula is C18H16N2O5. The smallest absolute Gasteiger partial charge is 0.259 e. The Morgan fingerprint density at radius 2 is 1.88 bits per heavy atom. The van der Waals surface area contributed by atoms with E-state index < -0.39 is 0 Å². The van der Waals surface area contributed by atoms with E-state index in [4.69, 9.17) is 14.2 Å². The summed E-state index contributed by atoms with van der Waals surface area (Å²) >= 11 is 0. The summed E-state index contributed by atoms with van der Waals surface area (Å²) in [5.41, 5.74) is 0.742. The van der Waals surface area contributed by atoms with Crippen molar-refractivity contribution in [3.05, 3.63) is 40.7 Å². The Morgan fingerprint density at radius 3 is 2.64 bits per heavy atom. The number of H-pyrrole nitrogens is 1. The van der Waals surface area contributed by atoms with E-state index in [2.05, 4.69) is 9.97 Å². The first-order valence-electron chi connectivity index (χ1n) is 7.86. The standard InChI is InChI=1S/C18H16N2O5/c1-23-12-6-10(5-11(21)7-12)17-19-14-9-16-15(24-3-2-4-25-16)8-13(14)18(22)20-17/h5-9,21H,2-4H2,1H3,(H,19,20,22). The van der Waals surface area contributed by atoms with E-state index >= 15 is 0 Å². The predicted molar refractivity (Wildman–Crippen MR) is 91.6 cm³/mol. The number of nitrogens with one attached hydrogen (secondary N) is 1. The van der Waals surface area contributed by atoms with Crippen LogP contribution in [0.4, 0.5) is 0 Å². The molecule has 1 aliphatic rings. The lowest BCUT2D eigenvalue weighted by Crippen LogP contribution is -2.10. The second-order valence-electron chi connectivity index (χ2n) is 5.70. The van der Waals surface area contributed by atoms with Crippen molar-refractivity contribution in [2.75, 3.05) is 20.3 Å². The third-order valence-corrected chi connectivity index (χ3v) is 3.98. The van der Waals surface area contributed by atoms with Crippen molar-refractivity contribution in [2.45, 2.75) is 6.42 Å². The van der Waals surface area contributed by atoms with Crippen molar-refractivity contribution in [2.24, 2.45) is 0 Å². The topological polar surface area (TPSA) is 93.7 Å². The number of ether oxygens (including phenoxy) is 3. The quantitative estimate of drug-likeness (QED) is 0.744. The van der Waals surface area contributed by atoms with Crippen LogP contribution < -0.4 is 19.8 Å². The molecule has 0 amide bonds. The van der Waals surface area contributed by atoms with Gasteiger partial charge in [-0.1, -0.05) is 0 Å². The fourth-order valence-corrected chi connectivity index (χ4v) is 2.77. The Hall–Kier alpha value is -3.22. The summed E-state index contributed by atoms with van der Waals surface area (Å²) in [7, 11) is 1.50. The highest BCUT2D eigenvalue weighted by atomic mass is 16.5. The summed E-state index contributed by atoms with van der Waals surface area (Å²) in [4.78, 5) is 19.7. The fraction of sp³-hybridized carbons (Fsp3) is 0.222. The molecule has 0 saturated carbocycles. The molecule has 0 aliphatic carbocycles. The molecule has 2 aromatic carbocycles. The molecule has 0 radical (unpaired) electrons. The van der Waals surface area contributed by atoms with Crippen LogP contribution in [0.1, 0.15) is 6.42 Å². The molecule has 0 unspecified atom stereocenters. The van der Waals surface area contributed by atoms with Gasteiger partial charge in [0.25, 0.3) is 5.56 Å². The number of phenols is 1. The van der Waals surface area contributed by atoms with Gasteiger partial charge in [0.2, 0.25) is 0 Å². The summed E-state index contributed by atoms with van der Waals surface area (Å²) in [5, 5.41) is 10.2. The van der Waals surface area contributed by atoms with E-state index in [1.165, 1.54) is 19.2 Å². The number of aromatic hydroxyl groups is 1. The number of hydrogen-bond donors (Lipinski definition) is 2. The van der Waals surface area contributed by atoms with E-state index in [-0.39, 0.29) is 11.3 Å². The number of hydrogen-bond acceptors (Lipinski definition) is 6. The van der Waals surface area contributed by atoms with E-state index in [9.17, 15) is 9.90 Å². The first-order chi connectivity index (χ1) is 12.1. The molecule has 0 bridgehead atoms. The normalized spacial score (nSPS) is 13.5. The second-order valence-corrected chi connectivity index (χ2v) is 5.70. The lowest BCUT2D eigenvalue weighted by molar-refractivity contribution is 0.297. The van der Waals surface area contributed by atoms with E-state index in [0.29, 0.717) is 52.8 Å². The first-order valence-corrected chi connectivity index (χ1v) is 7.86. The van der Waals surface area contributed by atoms with Crippen LogP contribution >= 0.6 is 0 Å². The Kier molecular flexibility index (Phi) is 3.68. The third kappa shape index (κ3) is 2.84. The van der Waals surface area contributed by atoms with Crippen LogP contribution in [0.15, 0.2) is 35.1 Å². The molecule has 7 heteroatoms. The monoisotopic (exact) mass is 340 g/mol. The lowest BCUT2D eigenvalue weighted by Gasteiger charge is -2.10. The molecule has 3 aromatic rings. The van der Waals surface area contributed by atoms with Gasteiger partial charge in [0.15, 0.2) is 11.5 Å². The highest BCUT2D eigenvalue weighted by molar-refractivity contribution is 5.83. The minimum absolute atomic E-state index is 0.0238. The van der Waals surface area contributed by atoms with Crippen molar-refractivity contribution in [1.82, 2.24) is 9.97 Å². The summed E-state index contributed by atoms with van der Waals surface area (Å²) in [5.74, 6) is 1.94. The number of fused-ring (bicyclic) bond motifs is 2. The van der Waals surface area contributed by atoms with E-state index in [1.54, 1.807) is 18.2 Å². The molecule has 0 atom stereocenters. The molecule has 25 heavy (non-hydrogen) atoms. The first kappa shape index (κ1) is 15.3. The minimum atomic E-state index is -0.294. The van der Waals surface area contributed by atoms with Crippen LogP contribution in [0.2, 0.25) is 0 Å². The average molecular weight is 340 g/mol. The van der Waals surface area contributed by atoms with Crippen molar-refractivity contribution in [3.63, 3.8) is 0 Å². The zero-order chi connectivity index (χ0) is 17.4. The fourth-order valence-electron chi connectivity index (χ4n) is 2.77. The predicted octanol–water partition coefficient (Wildman–Crippen LogP) is 2.47. The SMILES string of the molecule is COc1cc(O)cc(-c2nc3cc4c(cc3c(=O)[nH]2)OCCCO4)c1. The molecule has 0 fully saturated rings. The number of aromatic amines is 1. The summed E-state index contributed by atoms with van der Waals surface area (Å²) < 4.78 is 16.4. The minimum Gasteiger partial charge on any atom is -0.508 e. The highest BCUT2D eigenvalue weighted by Crippen LogP contribution is 2.33. The Bertz CT molecular complexity index is 1010. The molecular weight excluding hydrogens is 324 g/mol. The van der Waals surface area contributed by atoms with Gasteiger partial charge in [-0.15, -0.1) is 0 Å².